The number of carbonyl (C=O) groups is 1. The van der Waals surface area contributed by atoms with Crippen LogP contribution in [-0.2, 0) is 5.54 Å². The summed E-state index contributed by atoms with van der Waals surface area (Å²) in [6.07, 6.45) is 1.88. The van der Waals surface area contributed by atoms with Gasteiger partial charge in [-0.25, -0.2) is 4.79 Å². The second kappa shape index (κ2) is 6.28. The molecule has 0 unspecified atom stereocenters. The van der Waals surface area contributed by atoms with Crippen LogP contribution in [0.3, 0.4) is 0 Å². The number of benzene rings is 2. The monoisotopic (exact) mass is 379 g/mol. The van der Waals surface area contributed by atoms with Gasteiger partial charge in [0.2, 0.25) is 0 Å². The maximum absolute atomic E-state index is 11.0. The van der Waals surface area contributed by atoms with Gasteiger partial charge in [-0.1, -0.05) is 35.9 Å². The molecular formula is C21H18ClN3O2. The largest absolute Gasteiger partial charge is 0.478 e. The van der Waals surface area contributed by atoms with Crippen molar-refractivity contribution in [3.05, 3.63) is 76.6 Å². The molecule has 0 spiro atoms. The van der Waals surface area contributed by atoms with E-state index in [1.165, 1.54) is 0 Å². The summed E-state index contributed by atoms with van der Waals surface area (Å²) in [5.74, 6) is -0.219. The highest BCUT2D eigenvalue weighted by Gasteiger charge is 2.30. The van der Waals surface area contributed by atoms with Crippen molar-refractivity contribution in [2.75, 3.05) is 5.32 Å². The van der Waals surface area contributed by atoms with E-state index in [2.05, 4.69) is 24.1 Å². The highest BCUT2D eigenvalue weighted by atomic mass is 35.5. The van der Waals surface area contributed by atoms with E-state index < -0.39 is 11.5 Å². The number of aromatic carboxylic acids is 1. The number of hydrogen-bond donors (Lipinski definition) is 3. The van der Waals surface area contributed by atoms with E-state index in [0.29, 0.717) is 10.9 Å². The van der Waals surface area contributed by atoms with E-state index in [4.69, 9.17) is 21.7 Å². The molecule has 0 amide bonds. The molecule has 0 aliphatic carbocycles. The molecule has 1 aliphatic heterocycles. The number of hydrogen-bond acceptors (Lipinski definition) is 3. The third-order valence-corrected chi connectivity index (χ3v) is 5.03. The Morgan fingerprint density at radius 3 is 2.56 bits per heavy atom. The normalized spacial score (nSPS) is 14.9. The molecule has 5 nitrogen and oxygen atoms in total. The summed E-state index contributed by atoms with van der Waals surface area (Å²) in [5.41, 5.74) is 4.50. The minimum absolute atomic E-state index is 0.265. The molecule has 0 fully saturated rings. The van der Waals surface area contributed by atoms with Gasteiger partial charge in [0, 0.05) is 11.8 Å². The van der Waals surface area contributed by atoms with Crippen LogP contribution in [0.5, 0.6) is 0 Å². The van der Waals surface area contributed by atoms with Gasteiger partial charge in [-0.15, -0.1) is 0 Å². The number of halogens is 1. The zero-order valence-corrected chi connectivity index (χ0v) is 15.6. The van der Waals surface area contributed by atoms with Crippen LogP contribution in [0.4, 0.5) is 5.69 Å². The van der Waals surface area contributed by atoms with Crippen molar-refractivity contribution in [2.45, 2.75) is 19.4 Å². The lowest BCUT2D eigenvalue weighted by Crippen LogP contribution is -2.29. The fourth-order valence-electron chi connectivity index (χ4n) is 3.28. The third kappa shape index (κ3) is 3.11. The van der Waals surface area contributed by atoms with Gasteiger partial charge in [0.25, 0.3) is 0 Å². The highest BCUT2D eigenvalue weighted by Crippen LogP contribution is 2.39. The number of fused-ring (bicyclic) bond motifs is 1. The molecule has 0 bridgehead atoms. The molecule has 0 radical (unpaired) electrons. The van der Waals surface area contributed by atoms with Crippen molar-refractivity contribution in [1.29, 1.82) is 0 Å². The van der Waals surface area contributed by atoms with E-state index in [0.717, 1.165) is 28.1 Å². The smallest absolute Gasteiger partial charge is 0.335 e. The van der Waals surface area contributed by atoms with Gasteiger partial charge in [0.05, 0.1) is 27.5 Å². The molecule has 2 heterocycles. The molecule has 1 aliphatic rings. The predicted octanol–water partition coefficient (Wildman–Crippen LogP) is 5.14. The van der Waals surface area contributed by atoms with Crippen LogP contribution in [-0.4, -0.2) is 21.9 Å². The van der Waals surface area contributed by atoms with Crippen molar-refractivity contribution >= 4 is 29.1 Å². The van der Waals surface area contributed by atoms with Crippen LogP contribution in [0.1, 0.15) is 35.5 Å². The predicted molar refractivity (Wildman–Crippen MR) is 108 cm³/mol. The molecule has 2 aromatic carbocycles. The van der Waals surface area contributed by atoms with Crippen LogP contribution in [0.2, 0.25) is 5.02 Å². The lowest BCUT2D eigenvalue weighted by Gasteiger charge is -2.31. The fourth-order valence-corrected chi connectivity index (χ4v) is 3.50. The van der Waals surface area contributed by atoms with Crippen molar-refractivity contribution < 1.29 is 9.90 Å². The van der Waals surface area contributed by atoms with Crippen LogP contribution >= 0.6 is 11.6 Å². The van der Waals surface area contributed by atoms with Crippen molar-refractivity contribution in [1.82, 2.24) is 4.98 Å². The molecule has 0 saturated heterocycles. The molecule has 0 saturated carbocycles. The molecule has 27 heavy (non-hydrogen) atoms. The first kappa shape index (κ1) is 17.4. The number of nitrogens with one attached hydrogen (secondary N) is 2. The van der Waals surface area contributed by atoms with Crippen molar-refractivity contribution in [3.8, 4) is 11.1 Å². The number of aromatic amines is 1. The maximum Gasteiger partial charge on any atom is 0.335 e. The minimum atomic E-state index is -0.935. The van der Waals surface area contributed by atoms with Gasteiger partial charge in [-0.3, -0.25) is 4.99 Å². The number of carboxylic acid groups (broad SMARTS) is 1. The molecule has 136 valence electrons. The number of anilines is 1. The summed E-state index contributed by atoms with van der Waals surface area (Å²) >= 11 is 6.39. The fraction of sp³-hybridized carbons (Fsp3) is 0.143. The van der Waals surface area contributed by atoms with Gasteiger partial charge in [0.1, 0.15) is 5.84 Å². The lowest BCUT2D eigenvalue weighted by atomic mass is 9.91. The van der Waals surface area contributed by atoms with E-state index in [9.17, 15) is 4.79 Å². The summed E-state index contributed by atoms with van der Waals surface area (Å²) in [6.45, 7) is 4.11. The summed E-state index contributed by atoms with van der Waals surface area (Å²) < 4.78 is 0. The number of rotatable bonds is 3. The van der Waals surface area contributed by atoms with E-state index in [1.54, 1.807) is 24.3 Å². The number of aliphatic imine (C=N–C) groups is 1. The van der Waals surface area contributed by atoms with Gasteiger partial charge in [0.15, 0.2) is 0 Å². The Balaban J connectivity index is 1.68. The topological polar surface area (TPSA) is 77.5 Å². The zero-order valence-electron chi connectivity index (χ0n) is 14.9. The second-order valence-corrected chi connectivity index (χ2v) is 7.40. The Hall–Kier alpha value is -3.05. The maximum atomic E-state index is 11.0. The number of amidine groups is 1. The standard InChI is InChI=1S/C21H18ClN3O2/c1-21(2)15-4-3-5-16(22)18(15)24-19(25-21)17-10-14(11-23-17)12-6-8-13(9-7-12)20(26)27/h3-11,23H,1-2H3,(H,24,25)(H,26,27). The molecule has 6 heteroatoms. The first-order valence-corrected chi connectivity index (χ1v) is 8.91. The van der Waals surface area contributed by atoms with Crippen molar-refractivity contribution in [2.24, 2.45) is 4.99 Å². The van der Waals surface area contributed by atoms with E-state index in [-0.39, 0.29) is 5.56 Å². The van der Waals surface area contributed by atoms with Crippen molar-refractivity contribution in [3.63, 3.8) is 0 Å². The summed E-state index contributed by atoms with van der Waals surface area (Å²) in [5, 5.41) is 13.0. The minimum Gasteiger partial charge on any atom is -0.478 e. The number of para-hydroxylation sites is 1. The van der Waals surface area contributed by atoms with Crippen LogP contribution in [0.25, 0.3) is 11.1 Å². The molecule has 3 aromatic rings. The van der Waals surface area contributed by atoms with Crippen LogP contribution in [0, 0.1) is 0 Å². The Kier molecular flexibility index (Phi) is 4.04. The second-order valence-electron chi connectivity index (χ2n) is 6.99. The number of nitrogens with zero attached hydrogens (tertiary/aromatic N) is 1. The Labute approximate surface area is 161 Å². The Morgan fingerprint density at radius 1 is 1.11 bits per heavy atom. The first-order chi connectivity index (χ1) is 12.8. The van der Waals surface area contributed by atoms with Gasteiger partial charge in [-0.05, 0) is 49.2 Å². The number of carboxylic acids is 1. The summed E-state index contributed by atoms with van der Waals surface area (Å²) in [6, 6.07) is 14.6. The average Bonchev–Trinajstić information content (AvgIpc) is 3.12. The molecule has 0 atom stereocenters. The Morgan fingerprint density at radius 2 is 1.85 bits per heavy atom. The zero-order chi connectivity index (χ0) is 19.2. The molecular weight excluding hydrogens is 362 g/mol. The number of H-pyrrole nitrogens is 1. The van der Waals surface area contributed by atoms with Gasteiger partial charge < -0.3 is 15.4 Å². The van der Waals surface area contributed by atoms with Crippen LogP contribution in [0.15, 0.2) is 59.7 Å². The lowest BCUT2D eigenvalue weighted by molar-refractivity contribution is 0.0697. The molecule has 3 N–H and O–H groups in total. The van der Waals surface area contributed by atoms with E-state index in [1.807, 2.05) is 30.5 Å². The molecule has 1 aromatic heterocycles. The summed E-state index contributed by atoms with van der Waals surface area (Å²) in [7, 11) is 0. The molecule has 4 rings (SSSR count). The first-order valence-electron chi connectivity index (χ1n) is 8.53. The summed E-state index contributed by atoms with van der Waals surface area (Å²) in [4.78, 5) is 19.1. The number of aromatic nitrogens is 1. The third-order valence-electron chi connectivity index (χ3n) is 4.71. The van der Waals surface area contributed by atoms with Gasteiger partial charge >= 0.3 is 5.97 Å². The quantitative estimate of drug-likeness (QED) is 0.589. The van der Waals surface area contributed by atoms with Gasteiger partial charge in [-0.2, -0.15) is 0 Å². The average molecular weight is 380 g/mol. The van der Waals surface area contributed by atoms with E-state index >= 15 is 0 Å². The highest BCUT2D eigenvalue weighted by molar-refractivity contribution is 6.34. The Bertz CT molecular complexity index is 1070. The SMILES string of the molecule is CC1(C)N=C(c2cc(-c3ccc(C(=O)O)cc3)c[nH]2)Nc2c(Cl)cccc21. The van der Waals surface area contributed by atoms with Crippen LogP contribution < -0.4 is 5.32 Å².